The third-order valence-corrected chi connectivity index (χ3v) is 6.09. The SMILES string of the molecule is CNn1ccc(N(Cn2cccc2C(=O)c2ccccc2Cl)C(=O)O)c1C(=O)c1ccccc1Cl. The quantitative estimate of drug-likeness (QED) is 0.310. The van der Waals surface area contributed by atoms with Crippen molar-refractivity contribution >= 4 is 46.5 Å². The second-order valence-electron chi connectivity index (χ2n) is 7.48. The molecule has 0 radical (unpaired) electrons. The normalized spacial score (nSPS) is 10.7. The third kappa shape index (κ3) is 4.66. The van der Waals surface area contributed by atoms with E-state index < -0.39 is 11.9 Å². The van der Waals surface area contributed by atoms with Crippen molar-refractivity contribution in [3.63, 3.8) is 0 Å². The number of amides is 1. The molecule has 0 unspecified atom stereocenters. The second-order valence-corrected chi connectivity index (χ2v) is 8.29. The summed E-state index contributed by atoms with van der Waals surface area (Å²) in [5.74, 6) is -0.817. The van der Waals surface area contributed by atoms with E-state index in [1.54, 1.807) is 80.1 Å². The van der Waals surface area contributed by atoms with Crippen LogP contribution in [0.3, 0.4) is 0 Å². The molecule has 0 aliphatic heterocycles. The third-order valence-electron chi connectivity index (χ3n) is 5.44. The van der Waals surface area contributed by atoms with Crippen molar-refractivity contribution in [2.24, 2.45) is 0 Å². The van der Waals surface area contributed by atoms with Crippen LogP contribution in [0, 0.1) is 0 Å². The van der Waals surface area contributed by atoms with Crippen LogP contribution in [0.2, 0.25) is 10.0 Å². The van der Waals surface area contributed by atoms with Crippen LogP contribution in [0.25, 0.3) is 0 Å². The minimum absolute atomic E-state index is 0.0779. The Labute approximate surface area is 210 Å². The molecule has 0 fully saturated rings. The summed E-state index contributed by atoms with van der Waals surface area (Å²) in [5.41, 5.74) is 3.83. The van der Waals surface area contributed by atoms with Crippen LogP contribution < -0.4 is 10.3 Å². The van der Waals surface area contributed by atoms with E-state index >= 15 is 0 Å². The highest BCUT2D eigenvalue weighted by molar-refractivity contribution is 6.35. The van der Waals surface area contributed by atoms with Crippen LogP contribution in [0.5, 0.6) is 0 Å². The van der Waals surface area contributed by atoms with Gasteiger partial charge in [0.2, 0.25) is 11.6 Å². The van der Waals surface area contributed by atoms with E-state index in [-0.39, 0.29) is 40.1 Å². The van der Waals surface area contributed by atoms with E-state index in [1.807, 2.05) is 0 Å². The number of ketones is 2. The molecule has 0 aliphatic carbocycles. The number of hydrogen-bond donors (Lipinski definition) is 2. The predicted molar refractivity (Wildman–Crippen MR) is 134 cm³/mol. The van der Waals surface area contributed by atoms with E-state index in [2.05, 4.69) is 5.43 Å². The van der Waals surface area contributed by atoms with Crippen LogP contribution in [0.15, 0.2) is 79.1 Å². The van der Waals surface area contributed by atoms with Crippen molar-refractivity contribution in [2.45, 2.75) is 6.67 Å². The maximum Gasteiger partial charge on any atom is 0.413 e. The number of hydrogen-bond acceptors (Lipinski definition) is 4. The molecule has 10 heteroatoms. The summed E-state index contributed by atoms with van der Waals surface area (Å²) < 4.78 is 2.91. The van der Waals surface area contributed by atoms with Gasteiger partial charge in [-0.2, -0.15) is 0 Å². The Morgan fingerprint density at radius 3 is 2.03 bits per heavy atom. The Hall–Kier alpha value is -4.01. The summed E-state index contributed by atoms with van der Waals surface area (Å²) in [5, 5.41) is 10.6. The van der Waals surface area contributed by atoms with Crippen LogP contribution >= 0.6 is 23.2 Å². The maximum atomic E-state index is 13.4. The molecule has 2 heterocycles. The number of carbonyl (C=O) groups excluding carboxylic acids is 2. The molecule has 0 saturated heterocycles. The topological polar surface area (TPSA) is 96.6 Å². The predicted octanol–water partition coefficient (Wildman–Crippen LogP) is 5.37. The number of aromatic nitrogens is 2. The van der Waals surface area contributed by atoms with Crippen molar-refractivity contribution in [1.82, 2.24) is 9.24 Å². The first kappa shape index (κ1) is 24.1. The fourth-order valence-electron chi connectivity index (χ4n) is 3.74. The first-order valence-electron chi connectivity index (χ1n) is 10.5. The summed E-state index contributed by atoms with van der Waals surface area (Å²) in [7, 11) is 1.60. The average Bonchev–Trinajstić information content (AvgIpc) is 3.49. The molecule has 0 saturated carbocycles. The highest BCUT2D eigenvalue weighted by Crippen LogP contribution is 2.28. The number of nitrogens with zero attached hydrogens (tertiary/aromatic N) is 3. The van der Waals surface area contributed by atoms with Gasteiger partial charge in [0, 0.05) is 30.6 Å². The Kier molecular flexibility index (Phi) is 6.95. The van der Waals surface area contributed by atoms with Crippen molar-refractivity contribution in [3.8, 4) is 0 Å². The van der Waals surface area contributed by atoms with Gasteiger partial charge in [-0.1, -0.05) is 47.5 Å². The Balaban J connectivity index is 1.74. The van der Waals surface area contributed by atoms with Gasteiger partial charge in [-0.25, -0.2) is 4.79 Å². The molecule has 178 valence electrons. The molecule has 1 amide bonds. The number of carbonyl (C=O) groups is 3. The van der Waals surface area contributed by atoms with Crippen molar-refractivity contribution < 1.29 is 19.5 Å². The molecule has 2 aromatic heterocycles. The number of anilines is 1. The average molecular weight is 511 g/mol. The molecule has 0 bridgehead atoms. The number of benzene rings is 2. The summed E-state index contributed by atoms with van der Waals surface area (Å²) in [4.78, 5) is 39.9. The van der Waals surface area contributed by atoms with Gasteiger partial charge < -0.3 is 15.1 Å². The van der Waals surface area contributed by atoms with E-state index in [1.165, 1.54) is 15.3 Å². The van der Waals surface area contributed by atoms with E-state index in [4.69, 9.17) is 23.2 Å². The first-order valence-corrected chi connectivity index (χ1v) is 11.2. The van der Waals surface area contributed by atoms with Crippen LogP contribution in [-0.2, 0) is 6.67 Å². The van der Waals surface area contributed by atoms with Gasteiger partial charge in [0.25, 0.3) is 0 Å². The zero-order valence-corrected chi connectivity index (χ0v) is 20.0. The largest absolute Gasteiger partial charge is 0.465 e. The van der Waals surface area contributed by atoms with Crippen LogP contribution in [0.4, 0.5) is 10.5 Å². The molecule has 2 aromatic carbocycles. The van der Waals surface area contributed by atoms with Gasteiger partial charge in [0.15, 0.2) is 0 Å². The van der Waals surface area contributed by atoms with Gasteiger partial charge in [-0.15, -0.1) is 0 Å². The lowest BCUT2D eigenvalue weighted by atomic mass is 10.1. The van der Waals surface area contributed by atoms with Crippen molar-refractivity contribution in [1.29, 1.82) is 0 Å². The summed E-state index contributed by atoms with van der Waals surface area (Å²) in [6.45, 7) is -0.246. The zero-order chi connectivity index (χ0) is 25.1. The van der Waals surface area contributed by atoms with Crippen molar-refractivity contribution in [2.75, 3.05) is 17.4 Å². The molecule has 4 rings (SSSR count). The monoisotopic (exact) mass is 510 g/mol. The van der Waals surface area contributed by atoms with E-state index in [0.29, 0.717) is 10.6 Å². The number of carboxylic acid groups (broad SMARTS) is 1. The molecular weight excluding hydrogens is 491 g/mol. The van der Waals surface area contributed by atoms with E-state index in [0.717, 1.165) is 4.90 Å². The number of nitrogens with one attached hydrogen (secondary N) is 1. The number of rotatable bonds is 8. The van der Waals surface area contributed by atoms with Gasteiger partial charge in [0.05, 0.1) is 21.4 Å². The molecule has 35 heavy (non-hydrogen) atoms. The fourth-order valence-corrected chi connectivity index (χ4v) is 4.19. The Morgan fingerprint density at radius 2 is 1.46 bits per heavy atom. The molecule has 0 aliphatic rings. The molecular formula is C25H20Cl2N4O4. The van der Waals surface area contributed by atoms with Crippen molar-refractivity contribution in [3.05, 3.63) is 112 Å². The standard InChI is InChI=1S/C25H20Cl2N4O4/c1-28-31-14-12-20(22(31)24(33)17-8-3-5-10-19(17)27)30(25(34)35)15-29-13-6-11-21(29)23(32)16-7-2-4-9-18(16)26/h2-14,28H,15H2,1H3,(H,34,35). The second kappa shape index (κ2) is 10.1. The smallest absolute Gasteiger partial charge is 0.413 e. The number of halogens is 2. The van der Waals surface area contributed by atoms with Crippen LogP contribution in [0.1, 0.15) is 32.1 Å². The Morgan fingerprint density at radius 1 is 0.857 bits per heavy atom. The lowest BCUT2D eigenvalue weighted by Gasteiger charge is -2.22. The molecule has 0 atom stereocenters. The summed E-state index contributed by atoms with van der Waals surface area (Å²) >= 11 is 12.4. The zero-order valence-electron chi connectivity index (χ0n) is 18.5. The molecule has 8 nitrogen and oxygen atoms in total. The molecule has 4 aromatic rings. The lowest BCUT2D eigenvalue weighted by molar-refractivity contribution is 0.102. The van der Waals surface area contributed by atoms with Gasteiger partial charge >= 0.3 is 6.09 Å². The summed E-state index contributed by atoms with van der Waals surface area (Å²) in [6.07, 6.45) is 1.82. The Bertz CT molecular complexity index is 1430. The highest BCUT2D eigenvalue weighted by Gasteiger charge is 2.28. The van der Waals surface area contributed by atoms with Gasteiger partial charge in [-0.05, 0) is 42.5 Å². The minimum atomic E-state index is -1.31. The van der Waals surface area contributed by atoms with Gasteiger partial charge in [-0.3, -0.25) is 19.2 Å². The lowest BCUT2D eigenvalue weighted by Crippen LogP contribution is -2.34. The molecule has 0 spiro atoms. The molecule has 2 N–H and O–H groups in total. The highest BCUT2D eigenvalue weighted by atomic mass is 35.5. The van der Waals surface area contributed by atoms with E-state index in [9.17, 15) is 19.5 Å². The fraction of sp³-hybridized carbons (Fsp3) is 0.0800. The minimum Gasteiger partial charge on any atom is -0.465 e. The summed E-state index contributed by atoms with van der Waals surface area (Å²) in [6, 6.07) is 17.9. The maximum absolute atomic E-state index is 13.4. The first-order chi connectivity index (χ1) is 16.8. The van der Waals surface area contributed by atoms with Crippen LogP contribution in [-0.4, -0.2) is 39.1 Å². The van der Waals surface area contributed by atoms with Gasteiger partial charge in [0.1, 0.15) is 12.4 Å².